The van der Waals surface area contributed by atoms with Crippen molar-refractivity contribution in [3.05, 3.63) is 23.8 Å². The fraction of sp³-hybridized carbons (Fsp3) is 0.625. The molecule has 0 saturated heterocycles. The van der Waals surface area contributed by atoms with Gasteiger partial charge < -0.3 is 24.6 Å². The number of hydrogen-bond donors (Lipinski definition) is 2. The van der Waals surface area contributed by atoms with Crippen molar-refractivity contribution in [1.29, 1.82) is 0 Å². The first-order chi connectivity index (χ1) is 10.2. The predicted octanol–water partition coefficient (Wildman–Crippen LogP) is 1.90. The Bertz CT molecular complexity index is 432. The van der Waals surface area contributed by atoms with Gasteiger partial charge in [0.05, 0.1) is 19.8 Å². The maximum atomic E-state index is 9.10. The molecule has 0 saturated carbocycles. The average molecular weight is 295 g/mol. The molecule has 0 radical (unpaired) electrons. The lowest BCUT2D eigenvalue weighted by Gasteiger charge is -2.23. The SMILES string of the molecule is COCC(CCO)NC(C)c1ccc2c(c1)OCCCO2. The molecule has 2 rings (SSSR count). The van der Waals surface area contributed by atoms with E-state index < -0.39 is 0 Å². The first-order valence-corrected chi connectivity index (χ1v) is 7.50. The molecule has 1 aromatic carbocycles. The summed E-state index contributed by atoms with van der Waals surface area (Å²) < 4.78 is 16.5. The Morgan fingerprint density at radius 3 is 2.76 bits per heavy atom. The molecule has 1 aliphatic heterocycles. The number of fused-ring (bicyclic) bond motifs is 1. The second-order valence-electron chi connectivity index (χ2n) is 5.31. The Morgan fingerprint density at radius 2 is 2.05 bits per heavy atom. The van der Waals surface area contributed by atoms with E-state index >= 15 is 0 Å². The first-order valence-electron chi connectivity index (χ1n) is 7.50. The summed E-state index contributed by atoms with van der Waals surface area (Å²) in [4.78, 5) is 0. The maximum absolute atomic E-state index is 9.10. The molecular formula is C16H25NO4. The minimum absolute atomic E-state index is 0.131. The van der Waals surface area contributed by atoms with Crippen LogP contribution in [0.25, 0.3) is 0 Å². The van der Waals surface area contributed by atoms with E-state index in [0.29, 0.717) is 26.2 Å². The molecule has 2 N–H and O–H groups in total. The van der Waals surface area contributed by atoms with Gasteiger partial charge in [0.2, 0.25) is 0 Å². The van der Waals surface area contributed by atoms with Crippen molar-refractivity contribution in [3.8, 4) is 11.5 Å². The third kappa shape index (κ3) is 4.59. The number of aliphatic hydroxyl groups is 1. The van der Waals surface area contributed by atoms with Crippen molar-refractivity contribution >= 4 is 0 Å². The predicted molar refractivity (Wildman–Crippen MR) is 81.0 cm³/mol. The quantitative estimate of drug-likeness (QED) is 0.804. The molecule has 0 aliphatic carbocycles. The van der Waals surface area contributed by atoms with Crippen LogP contribution in [0.3, 0.4) is 0 Å². The van der Waals surface area contributed by atoms with Gasteiger partial charge in [-0.3, -0.25) is 0 Å². The molecule has 2 unspecified atom stereocenters. The Balaban J connectivity index is 2.04. The summed E-state index contributed by atoms with van der Waals surface area (Å²) >= 11 is 0. The lowest BCUT2D eigenvalue weighted by atomic mass is 10.1. The number of benzene rings is 1. The van der Waals surface area contributed by atoms with Gasteiger partial charge in [-0.25, -0.2) is 0 Å². The van der Waals surface area contributed by atoms with E-state index in [0.717, 1.165) is 23.5 Å². The van der Waals surface area contributed by atoms with Gasteiger partial charge in [0.25, 0.3) is 0 Å². The molecule has 118 valence electrons. The standard InChI is InChI=1S/C16H25NO4/c1-12(17-14(6-7-18)11-19-2)13-4-5-15-16(10-13)21-9-3-8-20-15/h4-5,10,12,14,17-18H,3,6-9,11H2,1-2H3. The lowest BCUT2D eigenvalue weighted by Crippen LogP contribution is -2.36. The number of ether oxygens (including phenoxy) is 3. The molecular weight excluding hydrogens is 270 g/mol. The van der Waals surface area contributed by atoms with Crippen LogP contribution in [0.15, 0.2) is 18.2 Å². The van der Waals surface area contributed by atoms with Crippen LogP contribution in [-0.2, 0) is 4.74 Å². The van der Waals surface area contributed by atoms with Gasteiger partial charge >= 0.3 is 0 Å². The zero-order chi connectivity index (χ0) is 15.1. The highest BCUT2D eigenvalue weighted by Gasteiger charge is 2.16. The van der Waals surface area contributed by atoms with Crippen LogP contribution in [0.5, 0.6) is 11.5 Å². The Labute approximate surface area is 126 Å². The molecule has 1 heterocycles. The first kappa shape index (κ1) is 16.1. The zero-order valence-electron chi connectivity index (χ0n) is 12.8. The van der Waals surface area contributed by atoms with Gasteiger partial charge in [0.1, 0.15) is 0 Å². The van der Waals surface area contributed by atoms with Crippen molar-refractivity contribution in [2.45, 2.75) is 31.8 Å². The molecule has 0 spiro atoms. The molecule has 1 aromatic rings. The summed E-state index contributed by atoms with van der Waals surface area (Å²) in [5.41, 5.74) is 1.14. The Morgan fingerprint density at radius 1 is 1.29 bits per heavy atom. The van der Waals surface area contributed by atoms with Gasteiger partial charge in [-0.05, 0) is 31.0 Å². The highest BCUT2D eigenvalue weighted by Crippen LogP contribution is 2.32. The number of rotatable bonds is 7. The topological polar surface area (TPSA) is 60.0 Å². The van der Waals surface area contributed by atoms with Crippen molar-refractivity contribution < 1.29 is 19.3 Å². The van der Waals surface area contributed by atoms with E-state index in [1.165, 1.54) is 0 Å². The highest BCUT2D eigenvalue weighted by atomic mass is 16.5. The summed E-state index contributed by atoms with van der Waals surface area (Å²) in [5.74, 6) is 1.62. The van der Waals surface area contributed by atoms with Crippen LogP contribution in [0.2, 0.25) is 0 Å². The molecule has 1 aliphatic rings. The summed E-state index contributed by atoms with van der Waals surface area (Å²) in [6.45, 7) is 4.21. The van der Waals surface area contributed by atoms with E-state index in [1.54, 1.807) is 7.11 Å². The van der Waals surface area contributed by atoms with Gasteiger partial charge in [-0.15, -0.1) is 0 Å². The summed E-state index contributed by atoms with van der Waals surface area (Å²) in [5, 5.41) is 12.6. The van der Waals surface area contributed by atoms with E-state index in [4.69, 9.17) is 19.3 Å². The molecule has 0 amide bonds. The van der Waals surface area contributed by atoms with Gasteiger partial charge in [-0.1, -0.05) is 6.07 Å². The monoisotopic (exact) mass is 295 g/mol. The van der Waals surface area contributed by atoms with Gasteiger partial charge in [-0.2, -0.15) is 0 Å². The van der Waals surface area contributed by atoms with Crippen LogP contribution < -0.4 is 14.8 Å². The second-order valence-corrected chi connectivity index (χ2v) is 5.31. The number of nitrogens with one attached hydrogen (secondary N) is 1. The van der Waals surface area contributed by atoms with E-state index in [-0.39, 0.29) is 18.7 Å². The van der Waals surface area contributed by atoms with Crippen molar-refractivity contribution in [2.75, 3.05) is 33.5 Å². The number of hydrogen-bond acceptors (Lipinski definition) is 5. The van der Waals surface area contributed by atoms with Crippen molar-refractivity contribution in [3.63, 3.8) is 0 Å². The van der Waals surface area contributed by atoms with Crippen LogP contribution in [0, 0.1) is 0 Å². The average Bonchev–Trinajstić information content (AvgIpc) is 2.72. The Hall–Kier alpha value is -1.30. The lowest BCUT2D eigenvalue weighted by molar-refractivity contribution is 0.143. The van der Waals surface area contributed by atoms with Crippen LogP contribution >= 0.6 is 0 Å². The van der Waals surface area contributed by atoms with Crippen molar-refractivity contribution in [2.24, 2.45) is 0 Å². The summed E-state index contributed by atoms with van der Waals surface area (Å²) in [6, 6.07) is 6.32. The third-order valence-corrected chi connectivity index (χ3v) is 3.60. The number of aliphatic hydroxyl groups excluding tert-OH is 1. The fourth-order valence-electron chi connectivity index (χ4n) is 2.47. The fourth-order valence-corrected chi connectivity index (χ4v) is 2.47. The van der Waals surface area contributed by atoms with Crippen molar-refractivity contribution in [1.82, 2.24) is 5.32 Å². The molecule has 5 heteroatoms. The van der Waals surface area contributed by atoms with Crippen LogP contribution in [0.4, 0.5) is 0 Å². The normalized spacial score (nSPS) is 17.1. The summed E-state index contributed by atoms with van der Waals surface area (Å²) in [7, 11) is 1.67. The molecule has 0 bridgehead atoms. The van der Waals surface area contributed by atoms with E-state index in [2.05, 4.69) is 12.2 Å². The largest absolute Gasteiger partial charge is 0.490 e. The maximum Gasteiger partial charge on any atom is 0.161 e. The smallest absolute Gasteiger partial charge is 0.161 e. The van der Waals surface area contributed by atoms with E-state index in [9.17, 15) is 0 Å². The molecule has 21 heavy (non-hydrogen) atoms. The molecule has 0 fully saturated rings. The second kappa shape index (κ2) is 8.22. The van der Waals surface area contributed by atoms with Crippen LogP contribution in [-0.4, -0.2) is 44.7 Å². The molecule has 5 nitrogen and oxygen atoms in total. The summed E-state index contributed by atoms with van der Waals surface area (Å²) in [6.07, 6.45) is 1.58. The van der Waals surface area contributed by atoms with E-state index in [1.807, 2.05) is 18.2 Å². The number of methoxy groups -OCH3 is 1. The zero-order valence-corrected chi connectivity index (χ0v) is 12.8. The van der Waals surface area contributed by atoms with Gasteiger partial charge in [0.15, 0.2) is 11.5 Å². The van der Waals surface area contributed by atoms with Crippen LogP contribution in [0.1, 0.15) is 31.4 Å². The highest BCUT2D eigenvalue weighted by molar-refractivity contribution is 5.44. The Kier molecular flexibility index (Phi) is 6.29. The third-order valence-electron chi connectivity index (χ3n) is 3.60. The minimum atomic E-state index is 0.131. The molecule has 2 atom stereocenters. The molecule has 0 aromatic heterocycles. The van der Waals surface area contributed by atoms with Gasteiger partial charge in [0, 0.05) is 32.2 Å². The minimum Gasteiger partial charge on any atom is -0.490 e.